The van der Waals surface area contributed by atoms with Crippen molar-refractivity contribution in [2.45, 2.75) is 5.38 Å². The molecule has 0 aromatic heterocycles. The van der Waals surface area contributed by atoms with E-state index in [1.807, 2.05) is 14.1 Å². The van der Waals surface area contributed by atoms with Gasteiger partial charge in [-0.05, 0) is 0 Å². The molecule has 3 nitrogen and oxygen atoms in total. The van der Waals surface area contributed by atoms with Crippen LogP contribution in [-0.2, 0) is 4.84 Å². The fraction of sp³-hybridized carbons (Fsp3) is 0.714. The predicted molar refractivity (Wildman–Crippen MR) is 45.0 cm³/mol. The van der Waals surface area contributed by atoms with Gasteiger partial charge in [0.1, 0.15) is 32.3 Å². The average Bonchev–Trinajstić information content (AvgIpc) is 1.86. The van der Waals surface area contributed by atoms with Crippen LogP contribution in [0.3, 0.4) is 0 Å². The molecule has 4 heteroatoms. The summed E-state index contributed by atoms with van der Waals surface area (Å²) in [7, 11) is 3.68. The van der Waals surface area contributed by atoms with E-state index in [1.165, 1.54) is 6.26 Å². The lowest BCUT2D eigenvalue weighted by Gasteiger charge is -2.26. The summed E-state index contributed by atoms with van der Waals surface area (Å²) in [6.45, 7) is 3.94. The molecule has 0 aliphatic rings. The lowest BCUT2D eigenvalue weighted by Crippen LogP contribution is -2.43. The van der Waals surface area contributed by atoms with Crippen LogP contribution in [0.2, 0.25) is 0 Å². The Labute approximate surface area is 72.4 Å². The third kappa shape index (κ3) is 5.07. The monoisotopic (exact) mass is 180 g/mol. The molecule has 0 spiro atoms. The molecule has 0 fully saturated rings. The SMILES string of the molecule is C=CO[N+](C)(C)CC(Cl)CO. The van der Waals surface area contributed by atoms with Crippen LogP contribution in [0.15, 0.2) is 12.8 Å². The second kappa shape index (κ2) is 4.59. The van der Waals surface area contributed by atoms with Crippen molar-refractivity contribution in [3.63, 3.8) is 0 Å². The van der Waals surface area contributed by atoms with Gasteiger partial charge in [-0.2, -0.15) is 0 Å². The number of hydrogen-bond acceptors (Lipinski definition) is 2. The van der Waals surface area contributed by atoms with Crippen molar-refractivity contribution in [1.29, 1.82) is 0 Å². The molecule has 0 aliphatic heterocycles. The average molecular weight is 181 g/mol. The van der Waals surface area contributed by atoms with Crippen molar-refractivity contribution >= 4 is 11.6 Å². The van der Waals surface area contributed by atoms with Crippen LogP contribution in [0.4, 0.5) is 0 Å². The molecule has 0 saturated carbocycles. The van der Waals surface area contributed by atoms with Gasteiger partial charge in [0.05, 0.1) is 6.61 Å². The number of rotatable bonds is 5. The molecule has 1 N–H and O–H groups in total. The Balaban J connectivity index is 3.79. The Kier molecular flexibility index (Phi) is 4.49. The van der Waals surface area contributed by atoms with Crippen LogP contribution in [-0.4, -0.2) is 42.4 Å². The van der Waals surface area contributed by atoms with Gasteiger partial charge in [-0.1, -0.05) is 6.58 Å². The first-order valence-corrected chi connectivity index (χ1v) is 3.82. The number of nitrogens with zero attached hydrogens (tertiary/aromatic N) is 1. The van der Waals surface area contributed by atoms with Gasteiger partial charge in [0.2, 0.25) is 0 Å². The zero-order valence-electron chi connectivity index (χ0n) is 6.96. The number of hydroxylamine groups is 3. The summed E-state index contributed by atoms with van der Waals surface area (Å²) >= 11 is 5.71. The Morgan fingerprint density at radius 2 is 2.27 bits per heavy atom. The van der Waals surface area contributed by atoms with Crippen LogP contribution in [0.1, 0.15) is 0 Å². The summed E-state index contributed by atoms with van der Waals surface area (Å²) in [5.41, 5.74) is 0. The number of halogens is 1. The van der Waals surface area contributed by atoms with E-state index in [1.54, 1.807) is 0 Å². The van der Waals surface area contributed by atoms with Crippen LogP contribution in [0.5, 0.6) is 0 Å². The minimum atomic E-state index is -0.273. The second-order valence-electron chi connectivity index (χ2n) is 2.81. The maximum Gasteiger partial charge on any atom is 0.147 e. The normalized spacial score (nSPS) is 14.2. The molecule has 0 aliphatic carbocycles. The molecule has 0 radical (unpaired) electrons. The highest BCUT2D eigenvalue weighted by molar-refractivity contribution is 6.20. The summed E-state index contributed by atoms with van der Waals surface area (Å²) in [5.74, 6) is 0. The topological polar surface area (TPSA) is 29.5 Å². The van der Waals surface area contributed by atoms with Gasteiger partial charge in [0.15, 0.2) is 0 Å². The van der Waals surface area contributed by atoms with E-state index in [-0.39, 0.29) is 16.6 Å². The Bertz CT molecular complexity index is 128. The van der Waals surface area contributed by atoms with Crippen LogP contribution in [0, 0.1) is 0 Å². The molecule has 0 aromatic carbocycles. The van der Waals surface area contributed by atoms with E-state index < -0.39 is 0 Å². The minimum absolute atomic E-state index is 0.0380. The molecule has 0 saturated heterocycles. The summed E-state index contributed by atoms with van der Waals surface area (Å²) < 4.78 is 0.276. The van der Waals surface area contributed by atoms with Gasteiger partial charge in [0, 0.05) is 0 Å². The first kappa shape index (κ1) is 10.8. The Hall–Kier alpha value is -0.250. The Morgan fingerprint density at radius 1 is 1.73 bits per heavy atom. The van der Waals surface area contributed by atoms with Crippen molar-refractivity contribution < 1.29 is 14.6 Å². The lowest BCUT2D eigenvalue weighted by atomic mass is 10.4. The molecule has 11 heavy (non-hydrogen) atoms. The van der Waals surface area contributed by atoms with E-state index in [0.717, 1.165) is 0 Å². The summed E-state index contributed by atoms with van der Waals surface area (Å²) in [5, 5.41) is 8.37. The van der Waals surface area contributed by atoms with Gasteiger partial charge in [0.25, 0.3) is 0 Å². The third-order valence-corrected chi connectivity index (χ3v) is 1.47. The first-order chi connectivity index (χ1) is 5.02. The lowest BCUT2D eigenvalue weighted by molar-refractivity contribution is -1.07. The van der Waals surface area contributed by atoms with Gasteiger partial charge in [-0.15, -0.1) is 16.2 Å². The number of hydrogen-bond donors (Lipinski definition) is 1. The van der Waals surface area contributed by atoms with Crippen LogP contribution < -0.4 is 0 Å². The zero-order chi connectivity index (χ0) is 8.91. The standard InChI is InChI=1S/C7H15ClNO2/c1-4-11-9(2,3)5-7(8)6-10/h4,7,10H,1,5-6H2,2-3H3/q+1. The molecule has 66 valence electrons. The highest BCUT2D eigenvalue weighted by Gasteiger charge is 2.20. The number of aliphatic hydroxyl groups is 1. The number of aliphatic hydroxyl groups excluding tert-OH is 1. The fourth-order valence-corrected chi connectivity index (χ4v) is 1.11. The molecular formula is C7H15ClNO2+. The van der Waals surface area contributed by atoms with Gasteiger partial charge < -0.3 is 9.94 Å². The van der Waals surface area contributed by atoms with Crippen molar-refractivity contribution in [2.24, 2.45) is 0 Å². The van der Waals surface area contributed by atoms with Crippen molar-refractivity contribution in [2.75, 3.05) is 27.2 Å². The van der Waals surface area contributed by atoms with Crippen LogP contribution >= 0.6 is 11.6 Å². The molecule has 0 aromatic rings. The third-order valence-electron chi connectivity index (χ3n) is 1.20. The smallest absolute Gasteiger partial charge is 0.147 e. The molecule has 0 heterocycles. The predicted octanol–water partition coefficient (Wildman–Crippen LogP) is 0.738. The van der Waals surface area contributed by atoms with Gasteiger partial charge in [-0.3, -0.25) is 0 Å². The fourth-order valence-electron chi connectivity index (χ4n) is 0.780. The van der Waals surface area contributed by atoms with E-state index >= 15 is 0 Å². The molecule has 0 amide bonds. The van der Waals surface area contributed by atoms with E-state index in [2.05, 4.69) is 6.58 Å². The summed E-state index contributed by atoms with van der Waals surface area (Å²) in [6.07, 6.45) is 1.36. The largest absolute Gasteiger partial charge is 0.395 e. The van der Waals surface area contributed by atoms with Crippen molar-refractivity contribution in [3.8, 4) is 0 Å². The first-order valence-electron chi connectivity index (χ1n) is 3.39. The minimum Gasteiger partial charge on any atom is -0.395 e. The zero-order valence-corrected chi connectivity index (χ0v) is 7.71. The summed E-state index contributed by atoms with van der Waals surface area (Å²) in [6, 6.07) is 0. The maximum absolute atomic E-state index is 8.64. The van der Waals surface area contributed by atoms with Crippen LogP contribution in [0.25, 0.3) is 0 Å². The van der Waals surface area contributed by atoms with E-state index in [4.69, 9.17) is 21.5 Å². The quantitative estimate of drug-likeness (QED) is 0.293. The molecular weight excluding hydrogens is 166 g/mol. The molecule has 1 unspecified atom stereocenters. The van der Waals surface area contributed by atoms with Gasteiger partial charge >= 0.3 is 0 Å². The van der Waals surface area contributed by atoms with Crippen molar-refractivity contribution in [3.05, 3.63) is 12.8 Å². The Morgan fingerprint density at radius 3 is 2.64 bits per heavy atom. The number of alkyl halides is 1. The van der Waals surface area contributed by atoms with Gasteiger partial charge in [-0.25, -0.2) is 0 Å². The number of quaternary nitrogens is 1. The van der Waals surface area contributed by atoms with Crippen molar-refractivity contribution in [1.82, 2.24) is 0 Å². The second-order valence-corrected chi connectivity index (χ2v) is 3.43. The summed E-state index contributed by atoms with van der Waals surface area (Å²) in [4.78, 5) is 5.11. The van der Waals surface area contributed by atoms with E-state index in [9.17, 15) is 0 Å². The highest BCUT2D eigenvalue weighted by Crippen LogP contribution is 2.05. The molecule has 0 bridgehead atoms. The maximum atomic E-state index is 8.64. The molecule has 1 atom stereocenters. The van der Waals surface area contributed by atoms with E-state index in [0.29, 0.717) is 6.54 Å². The highest BCUT2D eigenvalue weighted by atomic mass is 35.5. The molecule has 0 rings (SSSR count).